The number of terminal acetylenes is 1. The topological polar surface area (TPSA) is 178 Å². The molecule has 0 amide bonds. The van der Waals surface area contributed by atoms with E-state index in [0.29, 0.717) is 17.4 Å². The number of aromatic amines is 1. The smallest absolute Gasteiger partial charge is 0.459 e. The van der Waals surface area contributed by atoms with Crippen LogP contribution in [-0.2, 0) is 29.1 Å². The van der Waals surface area contributed by atoms with E-state index in [0.717, 1.165) is 32.2 Å². The Morgan fingerprint density at radius 2 is 1.83 bits per heavy atom. The summed E-state index contributed by atoms with van der Waals surface area (Å²) in [5.41, 5.74) is -4.54. The van der Waals surface area contributed by atoms with Crippen LogP contribution in [0.25, 0.3) is 0 Å². The molecule has 2 rings (SSSR count). The number of rotatable bonds is 17. The van der Waals surface area contributed by atoms with Gasteiger partial charge in [0.05, 0.1) is 6.61 Å². The van der Waals surface area contributed by atoms with Crippen molar-refractivity contribution in [1.82, 2.24) is 14.6 Å². The first-order valence-electron chi connectivity index (χ1n) is 13.1. The minimum atomic E-state index is -4.37. The van der Waals surface area contributed by atoms with E-state index in [1.165, 1.54) is 19.1 Å². The summed E-state index contributed by atoms with van der Waals surface area (Å²) >= 11 is 0. The fourth-order valence-electron chi connectivity index (χ4n) is 3.87. The van der Waals surface area contributed by atoms with Crippen LogP contribution in [0.5, 0.6) is 5.75 Å². The normalized spacial score (nSPS) is 16.5. The van der Waals surface area contributed by atoms with E-state index in [-0.39, 0.29) is 11.9 Å². The number of aromatic nitrogens is 2. The summed E-state index contributed by atoms with van der Waals surface area (Å²) in [6, 6.07) is 7.80. The number of carbonyl (C=O) groups excluding carboxylic acids is 1. The maximum absolute atomic E-state index is 13.9. The molecule has 1 heterocycles. The summed E-state index contributed by atoms with van der Waals surface area (Å²) in [5, 5.41) is 24.5. The van der Waals surface area contributed by atoms with Crippen molar-refractivity contribution >= 4 is 13.7 Å². The van der Waals surface area contributed by atoms with Gasteiger partial charge in [0, 0.05) is 19.4 Å². The Labute approximate surface area is 238 Å². The Morgan fingerprint density at radius 3 is 2.37 bits per heavy atom. The summed E-state index contributed by atoms with van der Waals surface area (Å²) in [7, 11) is -3.22. The molecule has 0 aliphatic heterocycles. The number of esters is 1. The zero-order valence-electron chi connectivity index (χ0n) is 23.5. The van der Waals surface area contributed by atoms with Gasteiger partial charge in [-0.1, -0.05) is 44.9 Å². The van der Waals surface area contributed by atoms with E-state index in [4.69, 9.17) is 24.9 Å². The van der Waals surface area contributed by atoms with Crippen LogP contribution >= 0.6 is 7.75 Å². The summed E-state index contributed by atoms with van der Waals surface area (Å²) in [5.74, 6) is 1.41. The Bertz CT molecular complexity index is 1320. The quantitative estimate of drug-likeness (QED) is 0.119. The highest BCUT2D eigenvalue weighted by Crippen LogP contribution is 2.45. The molecule has 0 aliphatic carbocycles. The number of H-pyrrole nitrogens is 1. The van der Waals surface area contributed by atoms with Gasteiger partial charge in [-0.2, -0.15) is 5.09 Å². The number of carbonyl (C=O) groups is 1. The van der Waals surface area contributed by atoms with Gasteiger partial charge in [-0.15, -0.1) is 6.42 Å². The molecule has 5 atom stereocenters. The molecule has 226 valence electrons. The lowest BCUT2D eigenvalue weighted by Crippen LogP contribution is -2.56. The van der Waals surface area contributed by atoms with E-state index in [2.05, 4.69) is 5.09 Å². The minimum absolute atomic E-state index is 0.146. The Kier molecular flexibility index (Phi) is 13.0. The van der Waals surface area contributed by atoms with Crippen LogP contribution in [0.2, 0.25) is 0 Å². The number of aliphatic hydroxyl groups is 2. The summed E-state index contributed by atoms with van der Waals surface area (Å²) in [4.78, 5) is 38.5. The summed E-state index contributed by atoms with van der Waals surface area (Å²) in [6.45, 7) is 4.70. The van der Waals surface area contributed by atoms with E-state index in [1.54, 1.807) is 18.2 Å². The second kappa shape index (κ2) is 15.7. The molecule has 1 aromatic carbocycles. The number of benzene rings is 1. The highest BCUT2D eigenvalue weighted by molar-refractivity contribution is 7.52. The van der Waals surface area contributed by atoms with Gasteiger partial charge in [-0.3, -0.25) is 23.7 Å². The molecular weight excluding hydrogens is 557 g/mol. The fraction of sp³-hybridized carbons (Fsp3) is 0.519. The number of hydrogen-bond donors (Lipinski definition) is 4. The Morgan fingerprint density at radius 1 is 1.20 bits per heavy atom. The summed E-state index contributed by atoms with van der Waals surface area (Å²) in [6.07, 6.45) is 5.51. The average molecular weight is 596 g/mol. The van der Waals surface area contributed by atoms with Crippen LogP contribution in [0, 0.1) is 12.3 Å². The standard InChI is InChI=1S/C27H38N3O10P/c1-6-12-20(13-7-2)39-25(33)19(4)29-41(36,40-21-14-10-9-11-15-21)38-18-22(37-5)24(32)27(35,8-3)30-17-16-23(31)28-26(30)34/h3,9-11,14-17,19-20,22,24,32,35H,6-7,12-13,18H2,1-2,4-5H3,(H,29,36)(H,28,31,34)/t19-,22+,24+,27+,41?/m0/s1. The number of aliphatic hydroxyl groups excluding tert-OH is 1. The summed E-state index contributed by atoms with van der Waals surface area (Å²) < 4.78 is 36.4. The zero-order valence-corrected chi connectivity index (χ0v) is 24.4. The molecule has 0 radical (unpaired) electrons. The number of hydrogen-bond acceptors (Lipinski definition) is 10. The molecule has 0 fully saturated rings. The lowest BCUT2D eigenvalue weighted by Gasteiger charge is -2.34. The SMILES string of the molecule is C#C[C@@](O)([C@H](O)[C@@H](COP(=O)(N[C@@H](C)C(=O)OC(CCC)CCC)Oc1ccccc1)OC)n1ccc(=O)[nH]c1=O. The minimum Gasteiger partial charge on any atom is -0.461 e. The molecule has 1 aromatic heterocycles. The number of nitrogens with zero attached hydrogens (tertiary/aromatic N) is 1. The number of ether oxygens (including phenoxy) is 2. The van der Waals surface area contributed by atoms with E-state index >= 15 is 0 Å². The third-order valence-corrected chi connectivity index (χ3v) is 7.70. The highest BCUT2D eigenvalue weighted by Gasteiger charge is 2.44. The monoisotopic (exact) mass is 595 g/mol. The molecule has 0 saturated carbocycles. The van der Waals surface area contributed by atoms with Crippen molar-refractivity contribution in [3.63, 3.8) is 0 Å². The van der Waals surface area contributed by atoms with Gasteiger partial charge in [-0.05, 0) is 37.8 Å². The maximum atomic E-state index is 13.9. The third kappa shape index (κ3) is 9.39. The van der Waals surface area contributed by atoms with Crippen LogP contribution in [-0.4, -0.2) is 63.8 Å². The molecule has 2 aromatic rings. The van der Waals surface area contributed by atoms with Gasteiger partial charge >= 0.3 is 19.4 Å². The van der Waals surface area contributed by atoms with Crippen LogP contribution in [0.1, 0.15) is 46.5 Å². The van der Waals surface area contributed by atoms with Crippen molar-refractivity contribution in [2.75, 3.05) is 13.7 Å². The van der Waals surface area contributed by atoms with E-state index in [9.17, 15) is 29.2 Å². The van der Waals surface area contributed by atoms with Gasteiger partial charge in [0.15, 0.2) is 0 Å². The van der Waals surface area contributed by atoms with Crippen molar-refractivity contribution in [3.8, 4) is 18.1 Å². The zero-order chi connectivity index (χ0) is 30.6. The lowest BCUT2D eigenvalue weighted by molar-refractivity contribution is -0.155. The van der Waals surface area contributed by atoms with Crippen molar-refractivity contribution in [1.29, 1.82) is 0 Å². The van der Waals surface area contributed by atoms with Gasteiger partial charge in [0.25, 0.3) is 5.56 Å². The predicted octanol–water partition coefficient (Wildman–Crippen LogP) is 1.88. The molecule has 13 nitrogen and oxygen atoms in total. The molecular formula is C27H38N3O10P. The van der Waals surface area contributed by atoms with Crippen molar-refractivity contribution < 1.29 is 38.1 Å². The second-order valence-electron chi connectivity index (χ2n) is 9.25. The molecule has 4 N–H and O–H groups in total. The molecule has 14 heteroatoms. The van der Waals surface area contributed by atoms with E-state index in [1.807, 2.05) is 24.8 Å². The molecule has 1 unspecified atom stereocenters. The highest BCUT2D eigenvalue weighted by atomic mass is 31.2. The molecule has 0 aliphatic rings. The number of methoxy groups -OCH3 is 1. The van der Waals surface area contributed by atoms with Crippen LogP contribution in [0.15, 0.2) is 52.2 Å². The molecule has 0 spiro atoms. The van der Waals surface area contributed by atoms with Crippen LogP contribution in [0.3, 0.4) is 0 Å². The first-order valence-corrected chi connectivity index (χ1v) is 14.7. The number of para-hydroxylation sites is 1. The average Bonchev–Trinajstić information content (AvgIpc) is 2.93. The molecule has 0 saturated heterocycles. The fourth-order valence-corrected chi connectivity index (χ4v) is 5.38. The van der Waals surface area contributed by atoms with Crippen molar-refractivity contribution in [3.05, 3.63) is 63.4 Å². The largest absolute Gasteiger partial charge is 0.461 e. The van der Waals surface area contributed by atoms with Gasteiger partial charge < -0.3 is 24.2 Å². The number of nitrogens with one attached hydrogen (secondary N) is 2. The van der Waals surface area contributed by atoms with Gasteiger partial charge in [0.2, 0.25) is 5.72 Å². The Balaban J connectivity index is 2.29. The van der Waals surface area contributed by atoms with Crippen molar-refractivity contribution in [2.24, 2.45) is 0 Å². The molecule has 0 bridgehead atoms. The van der Waals surface area contributed by atoms with E-state index < -0.39 is 55.5 Å². The van der Waals surface area contributed by atoms with Gasteiger partial charge in [0.1, 0.15) is 30.1 Å². The first-order chi connectivity index (χ1) is 19.4. The second-order valence-corrected chi connectivity index (χ2v) is 10.9. The molecule has 41 heavy (non-hydrogen) atoms. The first kappa shape index (κ1) is 34.0. The van der Waals surface area contributed by atoms with Crippen molar-refractivity contribution in [2.45, 2.75) is 76.5 Å². The third-order valence-electron chi connectivity index (χ3n) is 6.06. The maximum Gasteiger partial charge on any atom is 0.459 e. The van der Waals surface area contributed by atoms with Crippen LogP contribution in [0.4, 0.5) is 0 Å². The van der Waals surface area contributed by atoms with Gasteiger partial charge in [-0.25, -0.2) is 9.36 Å². The predicted molar refractivity (Wildman–Crippen MR) is 150 cm³/mol. The van der Waals surface area contributed by atoms with Crippen LogP contribution < -0.4 is 20.9 Å². The lowest BCUT2D eigenvalue weighted by atomic mass is 10.0. The Hall–Kier alpha value is -3.24.